The molecule has 0 bridgehead atoms. The van der Waals surface area contributed by atoms with E-state index in [4.69, 9.17) is 0 Å². The first-order valence-corrected chi connectivity index (χ1v) is 5.29. The Labute approximate surface area is 44.5 Å². The van der Waals surface area contributed by atoms with Gasteiger partial charge in [-0.1, -0.05) is 0 Å². The monoisotopic (exact) mass is 118 g/mol. The Bertz CT molecular complexity index is 98.6. The zero-order valence-electron chi connectivity index (χ0n) is 4.68. The van der Waals surface area contributed by atoms with Crippen molar-refractivity contribution in [3.63, 3.8) is 0 Å². The van der Waals surface area contributed by atoms with E-state index in [1.54, 1.807) is 0 Å². The highest BCUT2D eigenvalue weighted by molar-refractivity contribution is 7.63. The summed E-state index contributed by atoms with van der Waals surface area (Å²) in [6, 6.07) is 0. The molecule has 0 unspecified atom stereocenters. The minimum atomic E-state index is -1.54. The van der Waals surface area contributed by atoms with E-state index in [-0.39, 0.29) is 0 Å². The lowest BCUT2D eigenvalue weighted by molar-refractivity contribution is 0.582. The Morgan fingerprint density at radius 3 is 1.86 bits per heavy atom. The molecule has 0 radical (unpaired) electrons. The van der Waals surface area contributed by atoms with Crippen LogP contribution in [-0.4, -0.2) is 19.0 Å². The lowest BCUT2D eigenvalue weighted by Crippen LogP contribution is -1.75. The van der Waals surface area contributed by atoms with Gasteiger partial charge in [0.15, 0.2) is 0 Å². The molecule has 0 aliphatic carbocycles. The van der Waals surface area contributed by atoms with Crippen molar-refractivity contribution in [3.05, 3.63) is 0 Å². The molecule has 1 aliphatic heterocycles. The maximum absolute atomic E-state index is 11.0. The molecule has 0 atom stereocenters. The molecule has 1 heterocycles. The van der Waals surface area contributed by atoms with Crippen molar-refractivity contribution in [1.82, 2.24) is 0 Å². The van der Waals surface area contributed by atoms with E-state index < -0.39 is 7.14 Å². The van der Waals surface area contributed by atoms with Crippen LogP contribution in [-0.2, 0) is 4.57 Å². The lowest BCUT2D eigenvalue weighted by Gasteiger charge is -1.96. The fraction of sp³-hybridized carbons (Fsp3) is 1.00. The van der Waals surface area contributed by atoms with Gasteiger partial charge < -0.3 is 4.57 Å². The van der Waals surface area contributed by atoms with Gasteiger partial charge in [-0.25, -0.2) is 0 Å². The predicted molar refractivity (Wildman–Crippen MR) is 32.5 cm³/mol. The molecule has 1 saturated heterocycles. The third-order valence-corrected chi connectivity index (χ3v) is 4.04. The van der Waals surface area contributed by atoms with Crippen LogP contribution in [0.5, 0.6) is 0 Å². The maximum Gasteiger partial charge on any atom is 0.0848 e. The standard InChI is InChI=1S/C5H11OP/c1-7(6)4-2-3-5-7/h2-5H2,1H3. The van der Waals surface area contributed by atoms with Gasteiger partial charge in [0.1, 0.15) is 0 Å². The third-order valence-electron chi connectivity index (χ3n) is 1.51. The molecular weight excluding hydrogens is 107 g/mol. The predicted octanol–water partition coefficient (Wildman–Crippen LogP) is 1.77. The first-order valence-electron chi connectivity index (χ1n) is 2.76. The molecule has 1 fully saturated rings. The quantitative estimate of drug-likeness (QED) is 0.443. The highest BCUT2D eigenvalue weighted by Crippen LogP contribution is 2.47. The fourth-order valence-corrected chi connectivity index (χ4v) is 3.01. The van der Waals surface area contributed by atoms with Crippen molar-refractivity contribution < 1.29 is 4.57 Å². The summed E-state index contributed by atoms with van der Waals surface area (Å²) in [5.74, 6) is 0. The van der Waals surface area contributed by atoms with E-state index in [9.17, 15) is 4.57 Å². The molecule has 0 saturated carbocycles. The Hall–Kier alpha value is 0.230. The first-order chi connectivity index (χ1) is 3.21. The van der Waals surface area contributed by atoms with Gasteiger partial charge in [-0.3, -0.25) is 0 Å². The third kappa shape index (κ3) is 1.31. The van der Waals surface area contributed by atoms with E-state index in [1.165, 1.54) is 12.8 Å². The molecule has 0 spiro atoms. The topological polar surface area (TPSA) is 17.1 Å². The molecule has 1 rings (SSSR count). The number of rotatable bonds is 0. The molecule has 0 aromatic heterocycles. The van der Waals surface area contributed by atoms with Crippen LogP contribution in [0.1, 0.15) is 12.8 Å². The van der Waals surface area contributed by atoms with E-state index in [2.05, 4.69) is 0 Å². The van der Waals surface area contributed by atoms with Crippen molar-refractivity contribution >= 4 is 7.14 Å². The zero-order chi connectivity index (χ0) is 5.33. The highest BCUT2D eigenvalue weighted by atomic mass is 31.2. The van der Waals surface area contributed by atoms with Gasteiger partial charge in [-0.15, -0.1) is 0 Å². The van der Waals surface area contributed by atoms with Crippen molar-refractivity contribution in [2.45, 2.75) is 12.8 Å². The van der Waals surface area contributed by atoms with Crippen molar-refractivity contribution in [3.8, 4) is 0 Å². The molecule has 0 aromatic carbocycles. The van der Waals surface area contributed by atoms with Crippen LogP contribution < -0.4 is 0 Å². The van der Waals surface area contributed by atoms with Crippen molar-refractivity contribution in [2.75, 3.05) is 19.0 Å². The SMILES string of the molecule is CP1(=O)CCCC1. The van der Waals surface area contributed by atoms with Crippen LogP contribution in [0.15, 0.2) is 0 Å². The van der Waals surface area contributed by atoms with Gasteiger partial charge in [0.05, 0.1) is 7.14 Å². The van der Waals surface area contributed by atoms with Crippen molar-refractivity contribution in [1.29, 1.82) is 0 Å². The molecule has 0 aromatic rings. The highest BCUT2D eigenvalue weighted by Gasteiger charge is 2.19. The summed E-state index contributed by atoms with van der Waals surface area (Å²) in [6.07, 6.45) is 4.42. The van der Waals surface area contributed by atoms with Crippen LogP contribution in [0.4, 0.5) is 0 Å². The van der Waals surface area contributed by atoms with Gasteiger partial charge in [0, 0.05) is 12.3 Å². The molecule has 0 amide bonds. The van der Waals surface area contributed by atoms with E-state index in [0.717, 1.165) is 12.3 Å². The molecule has 1 aliphatic rings. The van der Waals surface area contributed by atoms with Crippen LogP contribution >= 0.6 is 7.14 Å². The average Bonchev–Trinajstić information content (AvgIpc) is 1.84. The summed E-state index contributed by atoms with van der Waals surface area (Å²) < 4.78 is 11.0. The normalized spacial score (nSPS) is 28.1. The summed E-state index contributed by atoms with van der Waals surface area (Å²) in [5.41, 5.74) is 0. The first kappa shape index (κ1) is 5.37. The minimum absolute atomic E-state index is 1.01. The van der Waals surface area contributed by atoms with E-state index >= 15 is 0 Å². The van der Waals surface area contributed by atoms with Crippen molar-refractivity contribution in [2.24, 2.45) is 0 Å². The summed E-state index contributed by atoms with van der Waals surface area (Å²) in [7, 11) is -1.54. The molecule has 7 heavy (non-hydrogen) atoms. The molecular formula is C5H11OP. The van der Waals surface area contributed by atoms with Gasteiger partial charge >= 0.3 is 0 Å². The average molecular weight is 118 g/mol. The summed E-state index contributed by atoms with van der Waals surface area (Å²) in [5, 5.41) is 0. The van der Waals surface area contributed by atoms with Crippen LogP contribution in [0.25, 0.3) is 0 Å². The Morgan fingerprint density at radius 2 is 1.71 bits per heavy atom. The molecule has 1 nitrogen and oxygen atoms in total. The van der Waals surface area contributed by atoms with E-state index in [1.807, 2.05) is 6.66 Å². The second kappa shape index (κ2) is 1.63. The Kier molecular flexibility index (Phi) is 1.25. The summed E-state index contributed by atoms with van der Waals surface area (Å²) in [6.45, 7) is 1.92. The lowest BCUT2D eigenvalue weighted by atomic mass is 10.4. The van der Waals surface area contributed by atoms with Gasteiger partial charge in [0.25, 0.3) is 0 Å². The summed E-state index contributed by atoms with van der Waals surface area (Å²) >= 11 is 0. The molecule has 42 valence electrons. The maximum atomic E-state index is 11.0. The van der Waals surface area contributed by atoms with Crippen LogP contribution in [0, 0.1) is 0 Å². The second-order valence-corrected chi connectivity index (χ2v) is 5.94. The van der Waals surface area contributed by atoms with Gasteiger partial charge in [-0.05, 0) is 19.5 Å². The summed E-state index contributed by atoms with van der Waals surface area (Å²) in [4.78, 5) is 0. The number of hydrogen-bond acceptors (Lipinski definition) is 1. The van der Waals surface area contributed by atoms with Gasteiger partial charge in [0.2, 0.25) is 0 Å². The molecule has 0 N–H and O–H groups in total. The number of hydrogen-bond donors (Lipinski definition) is 0. The zero-order valence-corrected chi connectivity index (χ0v) is 5.58. The van der Waals surface area contributed by atoms with Crippen LogP contribution in [0.3, 0.4) is 0 Å². The Balaban J connectivity index is 2.57. The smallest absolute Gasteiger partial charge is 0.0848 e. The molecule has 2 heteroatoms. The van der Waals surface area contributed by atoms with Gasteiger partial charge in [-0.2, -0.15) is 0 Å². The van der Waals surface area contributed by atoms with Crippen LogP contribution in [0.2, 0.25) is 0 Å². The fourth-order valence-electron chi connectivity index (χ4n) is 1.00. The second-order valence-electron chi connectivity index (χ2n) is 2.45. The Morgan fingerprint density at radius 1 is 1.29 bits per heavy atom. The van der Waals surface area contributed by atoms with E-state index in [0.29, 0.717) is 0 Å². The minimum Gasteiger partial charge on any atom is -0.324 e. The largest absolute Gasteiger partial charge is 0.324 e.